The lowest BCUT2D eigenvalue weighted by molar-refractivity contribution is -0.220. The van der Waals surface area contributed by atoms with Crippen LogP contribution in [0.15, 0.2) is 60.8 Å². The first-order chi connectivity index (χ1) is 27.0. The molecule has 0 aliphatic heterocycles. The Kier molecular flexibility index (Phi) is 31.6. The van der Waals surface area contributed by atoms with E-state index in [0.29, 0.717) is 13.0 Å². The highest BCUT2D eigenvalue weighted by Crippen LogP contribution is 2.47. The first kappa shape index (κ1) is 52.1. The number of rotatable bonds is 34. The molecule has 0 bridgehead atoms. The molecule has 0 aromatic heterocycles. The summed E-state index contributed by atoms with van der Waals surface area (Å²) >= 11 is 0. The van der Waals surface area contributed by atoms with Gasteiger partial charge < -0.3 is 39.9 Å². The number of carbonyl (C=O) groups is 1. The van der Waals surface area contributed by atoms with Gasteiger partial charge in [0.2, 0.25) is 0 Å². The van der Waals surface area contributed by atoms with Gasteiger partial charge in [0.1, 0.15) is 42.7 Å². The summed E-state index contributed by atoms with van der Waals surface area (Å²) in [6.45, 7) is 4.03. The van der Waals surface area contributed by atoms with Gasteiger partial charge in [0.25, 0.3) is 0 Å². The SMILES string of the molecule is CC/C=C\C/C=C\C/C=C\C/C=C\C/C=C\CCCCCCCCOCC(COP(=O)(O)OC1C(O)C(O)C(O)C(O)C1O)OC(=O)CCCCCCCCC. The van der Waals surface area contributed by atoms with Gasteiger partial charge >= 0.3 is 13.8 Å². The molecule has 0 amide bonds. The third-order valence-corrected chi connectivity index (χ3v) is 10.4. The molecular formula is C43H75O12P. The van der Waals surface area contributed by atoms with E-state index in [4.69, 9.17) is 18.5 Å². The minimum Gasteiger partial charge on any atom is -0.457 e. The van der Waals surface area contributed by atoms with Crippen molar-refractivity contribution < 1.29 is 58.3 Å². The van der Waals surface area contributed by atoms with Crippen LogP contribution in [0.25, 0.3) is 0 Å². The summed E-state index contributed by atoms with van der Waals surface area (Å²) in [5, 5.41) is 49.9. The fourth-order valence-electron chi connectivity index (χ4n) is 6.03. The van der Waals surface area contributed by atoms with Crippen molar-refractivity contribution in [2.24, 2.45) is 0 Å². The van der Waals surface area contributed by atoms with E-state index < -0.39 is 63.1 Å². The van der Waals surface area contributed by atoms with E-state index in [0.717, 1.165) is 103 Å². The number of aliphatic hydroxyl groups is 5. The molecule has 324 valence electrons. The van der Waals surface area contributed by atoms with Crippen LogP contribution in [-0.4, -0.2) is 98.9 Å². The van der Waals surface area contributed by atoms with Gasteiger partial charge in [-0.25, -0.2) is 4.57 Å². The maximum Gasteiger partial charge on any atom is 0.472 e. The third kappa shape index (κ3) is 26.1. The Bertz CT molecular complexity index is 1160. The van der Waals surface area contributed by atoms with Crippen LogP contribution in [0.2, 0.25) is 0 Å². The smallest absolute Gasteiger partial charge is 0.457 e. The number of hydrogen-bond acceptors (Lipinski definition) is 11. The van der Waals surface area contributed by atoms with Crippen LogP contribution < -0.4 is 0 Å². The van der Waals surface area contributed by atoms with E-state index in [9.17, 15) is 39.8 Å². The number of carbonyl (C=O) groups excluding carboxylic acids is 1. The molecular weight excluding hydrogens is 739 g/mol. The summed E-state index contributed by atoms with van der Waals surface area (Å²) < 4.78 is 33.9. The van der Waals surface area contributed by atoms with Gasteiger partial charge in [-0.15, -0.1) is 0 Å². The Labute approximate surface area is 337 Å². The van der Waals surface area contributed by atoms with Crippen molar-refractivity contribution in [3.05, 3.63) is 60.8 Å². The van der Waals surface area contributed by atoms with Gasteiger partial charge in [-0.1, -0.05) is 139 Å². The molecule has 13 heteroatoms. The second-order valence-corrected chi connectivity index (χ2v) is 15.9. The second kappa shape index (κ2) is 34.0. The molecule has 1 saturated carbocycles. The molecule has 0 radical (unpaired) electrons. The number of phosphoric ester groups is 1. The zero-order valence-corrected chi connectivity index (χ0v) is 35.1. The predicted molar refractivity (Wildman–Crippen MR) is 221 cm³/mol. The molecule has 1 fully saturated rings. The zero-order valence-electron chi connectivity index (χ0n) is 34.2. The summed E-state index contributed by atoms with van der Waals surface area (Å²) in [6.07, 6.45) is 29.0. The van der Waals surface area contributed by atoms with Gasteiger partial charge in [-0.2, -0.15) is 0 Å². The highest BCUT2D eigenvalue weighted by molar-refractivity contribution is 7.47. The van der Waals surface area contributed by atoms with Crippen molar-refractivity contribution in [3.8, 4) is 0 Å². The number of ether oxygens (including phenoxy) is 2. The molecule has 1 aliphatic rings. The standard InChI is InChI=1S/C43H75O12P/c1-3-5-7-9-11-12-13-14-15-16-17-18-19-20-21-22-23-24-25-27-29-31-33-52-34-36(54-37(44)32-30-28-26-10-8-6-4-2)35-53-56(50,51)55-43-41(48)39(46)38(45)40(47)42(43)49/h5,7,11-12,14-15,17-18,20-21,36,38-43,45-49H,3-4,6,8-10,13,16,19,22-35H2,1-2H3,(H,50,51)/b7-5-,12-11-,15-14-,18-17-,21-20-. The maximum atomic E-state index is 12.7. The highest BCUT2D eigenvalue weighted by atomic mass is 31.2. The lowest BCUT2D eigenvalue weighted by atomic mass is 9.85. The summed E-state index contributed by atoms with van der Waals surface area (Å²) in [7, 11) is -5.01. The zero-order chi connectivity index (χ0) is 41.3. The largest absolute Gasteiger partial charge is 0.472 e. The Morgan fingerprint density at radius 1 is 0.589 bits per heavy atom. The Balaban J connectivity index is 2.35. The monoisotopic (exact) mass is 814 g/mol. The molecule has 6 unspecified atom stereocenters. The van der Waals surface area contributed by atoms with Gasteiger partial charge in [-0.3, -0.25) is 13.8 Å². The fraction of sp³-hybridized carbons (Fsp3) is 0.744. The van der Waals surface area contributed by atoms with Crippen molar-refractivity contribution >= 4 is 13.8 Å². The Hall–Kier alpha value is -1.96. The summed E-state index contributed by atoms with van der Waals surface area (Å²) in [6, 6.07) is 0. The number of esters is 1. The number of unbranched alkanes of at least 4 members (excludes halogenated alkanes) is 12. The average molecular weight is 815 g/mol. The lowest BCUT2D eigenvalue weighted by Crippen LogP contribution is -2.64. The fourth-order valence-corrected chi connectivity index (χ4v) is 7.00. The van der Waals surface area contributed by atoms with Crippen molar-refractivity contribution in [2.75, 3.05) is 19.8 Å². The molecule has 12 nitrogen and oxygen atoms in total. The Morgan fingerprint density at radius 2 is 1.05 bits per heavy atom. The van der Waals surface area contributed by atoms with Crippen molar-refractivity contribution in [1.29, 1.82) is 0 Å². The topological polar surface area (TPSA) is 192 Å². The predicted octanol–water partition coefficient (Wildman–Crippen LogP) is 7.86. The Morgan fingerprint density at radius 3 is 1.61 bits per heavy atom. The normalized spacial score (nSPS) is 23.6. The minimum atomic E-state index is -5.01. The van der Waals surface area contributed by atoms with E-state index in [1.807, 2.05) is 0 Å². The third-order valence-electron chi connectivity index (χ3n) is 9.40. The summed E-state index contributed by atoms with van der Waals surface area (Å²) in [5.74, 6) is -0.493. The van der Waals surface area contributed by atoms with Crippen LogP contribution in [0.5, 0.6) is 0 Å². The average Bonchev–Trinajstić information content (AvgIpc) is 3.18. The van der Waals surface area contributed by atoms with E-state index in [-0.39, 0.29) is 13.0 Å². The molecule has 56 heavy (non-hydrogen) atoms. The minimum absolute atomic E-state index is 0.0890. The van der Waals surface area contributed by atoms with E-state index in [1.165, 1.54) is 12.8 Å². The van der Waals surface area contributed by atoms with Gasteiger partial charge in [0, 0.05) is 13.0 Å². The molecule has 6 N–H and O–H groups in total. The first-order valence-electron chi connectivity index (χ1n) is 21.1. The molecule has 1 aliphatic carbocycles. The van der Waals surface area contributed by atoms with Gasteiger partial charge in [-0.05, 0) is 57.8 Å². The number of aliphatic hydroxyl groups excluding tert-OH is 5. The second-order valence-electron chi connectivity index (χ2n) is 14.5. The summed E-state index contributed by atoms with van der Waals surface area (Å²) in [5.41, 5.74) is 0. The quantitative estimate of drug-likeness (QED) is 0.0160. The van der Waals surface area contributed by atoms with Crippen molar-refractivity contribution in [2.45, 2.75) is 185 Å². The van der Waals surface area contributed by atoms with Crippen LogP contribution in [0.4, 0.5) is 0 Å². The number of hydrogen-bond donors (Lipinski definition) is 6. The molecule has 0 saturated heterocycles. The van der Waals surface area contributed by atoms with Crippen LogP contribution in [-0.2, 0) is 27.9 Å². The molecule has 6 atom stereocenters. The maximum absolute atomic E-state index is 12.7. The molecule has 1 rings (SSSR count). The van der Waals surface area contributed by atoms with Crippen molar-refractivity contribution in [1.82, 2.24) is 0 Å². The van der Waals surface area contributed by atoms with Crippen LogP contribution in [0, 0.1) is 0 Å². The van der Waals surface area contributed by atoms with Crippen LogP contribution in [0.3, 0.4) is 0 Å². The lowest BCUT2D eigenvalue weighted by Gasteiger charge is -2.41. The van der Waals surface area contributed by atoms with Gasteiger partial charge in [0.15, 0.2) is 0 Å². The van der Waals surface area contributed by atoms with Crippen molar-refractivity contribution in [3.63, 3.8) is 0 Å². The summed E-state index contributed by atoms with van der Waals surface area (Å²) in [4.78, 5) is 22.9. The van der Waals surface area contributed by atoms with E-state index in [2.05, 4.69) is 74.6 Å². The first-order valence-corrected chi connectivity index (χ1v) is 22.6. The highest BCUT2D eigenvalue weighted by Gasteiger charge is 2.51. The van der Waals surface area contributed by atoms with E-state index >= 15 is 0 Å². The number of allylic oxidation sites excluding steroid dienone is 10. The molecule has 0 aromatic rings. The molecule has 0 heterocycles. The number of phosphoric acid groups is 1. The molecule has 0 spiro atoms. The van der Waals surface area contributed by atoms with Crippen LogP contribution >= 0.6 is 7.82 Å². The van der Waals surface area contributed by atoms with Gasteiger partial charge in [0.05, 0.1) is 13.2 Å². The van der Waals surface area contributed by atoms with E-state index in [1.54, 1.807) is 0 Å². The molecule has 0 aromatic carbocycles. The van der Waals surface area contributed by atoms with Crippen LogP contribution in [0.1, 0.15) is 142 Å².